The molecule has 0 N–H and O–H groups in total. The third-order valence-electron chi connectivity index (χ3n) is 10.8. The standard InChI is InChI=1S/C50H41N/c1-5-51-46-29-27-38(31-44(46)45-32-39(50(2,3)4)28-30-47(45)51)35-21-25-37(26-22-35)49-42-17-11-9-15-40(42)48(41-16-10-12-18-43(41)49)36-23-19-34(20-24-36)33-13-7-6-8-14-33/h6-32H,5H2,1-4H3. The monoisotopic (exact) mass is 655 g/mol. The molecule has 1 aromatic heterocycles. The molecule has 0 aliphatic rings. The molecule has 0 saturated carbocycles. The highest BCUT2D eigenvalue weighted by atomic mass is 15.0. The lowest BCUT2D eigenvalue weighted by atomic mass is 9.85. The van der Waals surface area contributed by atoms with Crippen LogP contribution in [0.2, 0.25) is 0 Å². The number of aromatic nitrogens is 1. The van der Waals surface area contributed by atoms with Gasteiger partial charge < -0.3 is 4.57 Å². The quantitative estimate of drug-likeness (QED) is 0.163. The van der Waals surface area contributed by atoms with E-state index in [9.17, 15) is 0 Å². The average molecular weight is 656 g/mol. The average Bonchev–Trinajstić information content (AvgIpc) is 3.49. The van der Waals surface area contributed by atoms with E-state index >= 15 is 0 Å². The topological polar surface area (TPSA) is 4.93 Å². The van der Waals surface area contributed by atoms with Crippen LogP contribution in [0.1, 0.15) is 33.3 Å². The number of nitrogens with zero attached hydrogens (tertiary/aromatic N) is 1. The predicted molar refractivity (Wildman–Crippen MR) is 221 cm³/mol. The second-order valence-electron chi connectivity index (χ2n) is 14.8. The molecule has 0 unspecified atom stereocenters. The first-order chi connectivity index (χ1) is 24.9. The Morgan fingerprint density at radius 3 is 1.25 bits per heavy atom. The highest BCUT2D eigenvalue weighted by molar-refractivity contribution is 6.21. The van der Waals surface area contributed by atoms with Crippen LogP contribution in [0.5, 0.6) is 0 Å². The maximum absolute atomic E-state index is 2.45. The number of rotatable bonds is 5. The second-order valence-corrected chi connectivity index (χ2v) is 14.8. The summed E-state index contributed by atoms with van der Waals surface area (Å²) in [5.74, 6) is 0. The molecule has 0 amide bonds. The molecule has 0 fully saturated rings. The largest absolute Gasteiger partial charge is 0.341 e. The van der Waals surface area contributed by atoms with Crippen LogP contribution in [0.15, 0.2) is 164 Å². The molecule has 0 saturated heterocycles. The third kappa shape index (κ3) is 5.24. The van der Waals surface area contributed by atoms with Gasteiger partial charge in [-0.2, -0.15) is 0 Å². The number of aryl methyl sites for hydroxylation is 1. The minimum Gasteiger partial charge on any atom is -0.341 e. The van der Waals surface area contributed by atoms with Gasteiger partial charge >= 0.3 is 0 Å². The summed E-state index contributed by atoms with van der Waals surface area (Å²) in [6.45, 7) is 10.1. The summed E-state index contributed by atoms with van der Waals surface area (Å²) in [6.07, 6.45) is 0. The van der Waals surface area contributed by atoms with Crippen molar-refractivity contribution in [2.45, 2.75) is 39.7 Å². The van der Waals surface area contributed by atoms with Crippen molar-refractivity contribution < 1.29 is 0 Å². The molecular formula is C50H41N. The fraction of sp³-hybridized carbons (Fsp3) is 0.120. The molecule has 51 heavy (non-hydrogen) atoms. The van der Waals surface area contributed by atoms with E-state index in [1.807, 2.05) is 0 Å². The molecule has 0 spiro atoms. The molecule has 1 heterocycles. The molecule has 0 aliphatic heterocycles. The van der Waals surface area contributed by atoms with Crippen molar-refractivity contribution in [2.75, 3.05) is 0 Å². The van der Waals surface area contributed by atoms with Gasteiger partial charge in [0.25, 0.3) is 0 Å². The van der Waals surface area contributed by atoms with Crippen molar-refractivity contribution in [2.24, 2.45) is 0 Å². The fourth-order valence-electron chi connectivity index (χ4n) is 8.13. The summed E-state index contributed by atoms with van der Waals surface area (Å²) in [7, 11) is 0. The Balaban J connectivity index is 1.16. The van der Waals surface area contributed by atoms with Crippen LogP contribution >= 0.6 is 0 Å². The first kappa shape index (κ1) is 31.1. The molecule has 0 bridgehead atoms. The van der Waals surface area contributed by atoms with E-state index in [-0.39, 0.29) is 5.41 Å². The number of benzene rings is 8. The van der Waals surface area contributed by atoms with Crippen molar-refractivity contribution in [3.8, 4) is 44.5 Å². The van der Waals surface area contributed by atoms with E-state index in [2.05, 4.69) is 196 Å². The Labute approximate surface area is 300 Å². The Bertz CT molecular complexity index is 2660. The van der Waals surface area contributed by atoms with Gasteiger partial charge in [-0.1, -0.05) is 160 Å². The van der Waals surface area contributed by atoms with Gasteiger partial charge in [0, 0.05) is 28.4 Å². The molecule has 8 aromatic carbocycles. The first-order valence-electron chi connectivity index (χ1n) is 18.2. The van der Waals surface area contributed by atoms with Gasteiger partial charge in [-0.3, -0.25) is 0 Å². The van der Waals surface area contributed by atoms with Gasteiger partial charge in [0.05, 0.1) is 0 Å². The van der Waals surface area contributed by atoms with Crippen LogP contribution in [0.3, 0.4) is 0 Å². The molecule has 0 radical (unpaired) electrons. The van der Waals surface area contributed by atoms with E-state index in [4.69, 9.17) is 0 Å². The van der Waals surface area contributed by atoms with Crippen molar-refractivity contribution in [1.82, 2.24) is 4.57 Å². The van der Waals surface area contributed by atoms with Crippen LogP contribution in [0.25, 0.3) is 87.9 Å². The number of hydrogen-bond donors (Lipinski definition) is 0. The van der Waals surface area contributed by atoms with E-state index in [0.29, 0.717) is 0 Å². The summed E-state index contributed by atoms with van der Waals surface area (Å²) >= 11 is 0. The summed E-state index contributed by atoms with van der Waals surface area (Å²) in [4.78, 5) is 0. The van der Waals surface area contributed by atoms with Gasteiger partial charge in [0.15, 0.2) is 0 Å². The van der Waals surface area contributed by atoms with Gasteiger partial charge in [-0.15, -0.1) is 0 Å². The highest BCUT2D eigenvalue weighted by Crippen LogP contribution is 2.44. The Morgan fingerprint density at radius 1 is 0.373 bits per heavy atom. The number of hydrogen-bond acceptors (Lipinski definition) is 0. The Hall–Kier alpha value is -5.92. The lowest BCUT2D eigenvalue weighted by Crippen LogP contribution is -2.10. The fourth-order valence-corrected chi connectivity index (χ4v) is 8.13. The molecule has 246 valence electrons. The Kier molecular flexibility index (Phi) is 7.40. The van der Waals surface area contributed by atoms with Crippen LogP contribution in [-0.2, 0) is 12.0 Å². The molecular weight excluding hydrogens is 615 g/mol. The van der Waals surface area contributed by atoms with Gasteiger partial charge in [-0.25, -0.2) is 0 Å². The summed E-state index contributed by atoms with van der Waals surface area (Å²) in [5, 5.41) is 7.75. The zero-order chi connectivity index (χ0) is 34.7. The zero-order valence-electron chi connectivity index (χ0n) is 29.7. The van der Waals surface area contributed by atoms with E-state index in [0.717, 1.165) is 6.54 Å². The van der Waals surface area contributed by atoms with Gasteiger partial charge in [0.2, 0.25) is 0 Å². The lowest BCUT2D eigenvalue weighted by Gasteiger charge is -2.19. The van der Waals surface area contributed by atoms with Crippen molar-refractivity contribution in [3.63, 3.8) is 0 Å². The number of fused-ring (bicyclic) bond motifs is 5. The first-order valence-corrected chi connectivity index (χ1v) is 18.2. The lowest BCUT2D eigenvalue weighted by molar-refractivity contribution is 0.591. The van der Waals surface area contributed by atoms with E-state index < -0.39 is 0 Å². The van der Waals surface area contributed by atoms with Crippen molar-refractivity contribution in [3.05, 3.63) is 169 Å². The summed E-state index contributed by atoms with van der Waals surface area (Å²) in [5.41, 5.74) is 14.1. The molecule has 9 rings (SSSR count). The third-order valence-corrected chi connectivity index (χ3v) is 10.8. The smallest absolute Gasteiger partial charge is 0.0491 e. The van der Waals surface area contributed by atoms with Crippen molar-refractivity contribution in [1.29, 1.82) is 0 Å². The van der Waals surface area contributed by atoms with Crippen LogP contribution in [0.4, 0.5) is 0 Å². The molecule has 1 nitrogen and oxygen atoms in total. The summed E-state index contributed by atoms with van der Waals surface area (Å²) in [6, 6.07) is 60.8. The highest BCUT2D eigenvalue weighted by Gasteiger charge is 2.19. The van der Waals surface area contributed by atoms with Gasteiger partial charge in [0.1, 0.15) is 0 Å². The minimum absolute atomic E-state index is 0.0990. The SMILES string of the molecule is CCn1c2ccc(-c3ccc(-c4c5ccccc5c(-c5ccc(-c6ccccc6)cc5)c5ccccc45)cc3)cc2c2cc(C(C)(C)C)ccc21. The molecule has 0 atom stereocenters. The summed E-state index contributed by atoms with van der Waals surface area (Å²) < 4.78 is 2.45. The normalized spacial score (nSPS) is 12.0. The molecule has 0 aliphatic carbocycles. The van der Waals surface area contributed by atoms with Crippen LogP contribution in [0, 0.1) is 0 Å². The van der Waals surface area contributed by atoms with Crippen LogP contribution in [-0.4, -0.2) is 4.57 Å². The maximum atomic E-state index is 2.45. The molecule has 9 aromatic rings. The van der Waals surface area contributed by atoms with E-state index in [1.54, 1.807) is 0 Å². The second kappa shape index (κ2) is 12.1. The predicted octanol–water partition coefficient (Wildman–Crippen LogP) is 14.1. The van der Waals surface area contributed by atoms with Gasteiger partial charge in [-0.05, 0) is 108 Å². The minimum atomic E-state index is 0.0990. The van der Waals surface area contributed by atoms with E-state index in [1.165, 1.54) is 93.4 Å². The Morgan fingerprint density at radius 2 is 0.765 bits per heavy atom. The molecule has 1 heteroatoms. The van der Waals surface area contributed by atoms with Crippen molar-refractivity contribution >= 4 is 43.4 Å². The maximum Gasteiger partial charge on any atom is 0.0491 e. The zero-order valence-corrected chi connectivity index (χ0v) is 29.7. The van der Waals surface area contributed by atoms with Crippen LogP contribution < -0.4 is 0 Å².